The second kappa shape index (κ2) is 4.66. The minimum atomic E-state index is -10.7. The second-order valence-electron chi connectivity index (χ2n) is 4.41. The van der Waals surface area contributed by atoms with Crippen molar-refractivity contribution in [1.29, 1.82) is 0 Å². The number of para-hydroxylation sites is 1. The van der Waals surface area contributed by atoms with E-state index in [0.29, 0.717) is 0 Å². The number of aromatic nitrogens is 3. The maximum absolute atomic E-state index is 10.7. The first-order valence-corrected chi connectivity index (χ1v) is 8.58. The summed E-state index contributed by atoms with van der Waals surface area (Å²) in [7, 11) is -8.65. The maximum atomic E-state index is 9.87. The van der Waals surface area contributed by atoms with Gasteiger partial charge in [-0.15, -0.1) is 0 Å². The molecule has 0 aliphatic heterocycles. The van der Waals surface area contributed by atoms with Crippen molar-refractivity contribution >= 4 is 29.4 Å². The molecule has 0 unspecified atom stereocenters. The first kappa shape index (κ1) is 16.7. The van der Waals surface area contributed by atoms with Crippen molar-refractivity contribution < 1.29 is 29.7 Å². The standard InChI is InChI=1S/C11H10N3S.F6P/c1-13-6-7-14(8-13)11-12-9-4-2-3-5-10(9)15-11;1-7(2,3,4,5)6/h2-8H,1H3;/q+1;-1. The number of fused-ring (bicyclic) bond motifs is 1. The summed E-state index contributed by atoms with van der Waals surface area (Å²) in [5, 5.41) is 1.01. The van der Waals surface area contributed by atoms with Crippen molar-refractivity contribution in [3.63, 3.8) is 0 Å². The molecule has 0 bridgehead atoms. The summed E-state index contributed by atoms with van der Waals surface area (Å²) in [6.07, 6.45) is 6.03. The molecule has 0 spiro atoms. The van der Waals surface area contributed by atoms with E-state index in [9.17, 15) is 25.2 Å². The van der Waals surface area contributed by atoms with Crippen LogP contribution in [0.4, 0.5) is 25.2 Å². The average molecular weight is 361 g/mol. The zero-order chi connectivity index (χ0) is 16.7. The summed E-state index contributed by atoms with van der Waals surface area (Å²) in [5.41, 5.74) is 1.06. The molecule has 0 aliphatic carbocycles. The normalized spacial score (nSPS) is 14.9. The summed E-state index contributed by atoms with van der Waals surface area (Å²) >= 11 is 1.70. The van der Waals surface area contributed by atoms with Gasteiger partial charge in [-0.3, -0.25) is 0 Å². The molecule has 3 nitrogen and oxygen atoms in total. The minimum absolute atomic E-state index is 1.01. The Morgan fingerprint density at radius 1 is 1.09 bits per heavy atom. The van der Waals surface area contributed by atoms with Crippen LogP contribution in [0, 0.1) is 0 Å². The van der Waals surface area contributed by atoms with Crippen LogP contribution in [0.2, 0.25) is 0 Å². The van der Waals surface area contributed by atoms with E-state index in [4.69, 9.17) is 0 Å². The van der Waals surface area contributed by atoms with E-state index in [1.807, 2.05) is 53.1 Å². The number of imidazole rings is 1. The Morgan fingerprint density at radius 2 is 1.68 bits per heavy atom. The van der Waals surface area contributed by atoms with E-state index in [1.54, 1.807) is 11.3 Å². The molecule has 0 fully saturated rings. The number of nitrogens with zero attached hydrogens (tertiary/aromatic N) is 3. The Morgan fingerprint density at radius 3 is 2.18 bits per heavy atom. The molecule has 0 atom stereocenters. The summed E-state index contributed by atoms with van der Waals surface area (Å²) < 4.78 is 64.5. The Labute approximate surface area is 124 Å². The molecule has 22 heavy (non-hydrogen) atoms. The molecule has 3 rings (SSSR count). The zero-order valence-electron chi connectivity index (χ0n) is 11.0. The zero-order valence-corrected chi connectivity index (χ0v) is 12.7. The molecule has 2 heterocycles. The summed E-state index contributed by atoms with van der Waals surface area (Å²) in [6, 6.07) is 8.19. The van der Waals surface area contributed by atoms with Gasteiger partial charge in [-0.1, -0.05) is 23.5 Å². The molecule has 0 saturated carbocycles. The predicted molar refractivity (Wildman–Crippen MR) is 73.7 cm³/mol. The fourth-order valence-corrected chi connectivity index (χ4v) is 2.45. The Bertz CT molecular complexity index is 763. The van der Waals surface area contributed by atoms with Gasteiger partial charge in [-0.2, -0.15) is 9.55 Å². The fraction of sp³-hybridized carbons (Fsp3) is 0.0909. The molecule has 11 heteroatoms. The van der Waals surface area contributed by atoms with E-state index in [-0.39, 0.29) is 0 Å². The molecule has 1 aromatic carbocycles. The summed E-state index contributed by atoms with van der Waals surface area (Å²) in [5.74, 6) is 0. The average Bonchev–Trinajstić information content (AvgIpc) is 2.89. The molecule has 0 N–H and O–H groups in total. The van der Waals surface area contributed by atoms with E-state index in [1.165, 1.54) is 4.70 Å². The van der Waals surface area contributed by atoms with Gasteiger partial charge >= 0.3 is 33.0 Å². The Balaban J connectivity index is 0.000000217. The van der Waals surface area contributed by atoms with Crippen LogP contribution in [0.25, 0.3) is 15.3 Å². The van der Waals surface area contributed by atoms with Crippen LogP contribution in [-0.2, 0) is 7.05 Å². The van der Waals surface area contributed by atoms with Crippen LogP contribution in [0.1, 0.15) is 0 Å². The topological polar surface area (TPSA) is 21.7 Å². The van der Waals surface area contributed by atoms with Crippen molar-refractivity contribution in [3.05, 3.63) is 43.0 Å². The molecule has 0 amide bonds. The molecule has 0 aliphatic rings. The third kappa shape index (κ3) is 5.98. The Kier molecular flexibility index (Phi) is 3.54. The van der Waals surface area contributed by atoms with Crippen LogP contribution in [0.5, 0.6) is 0 Å². The third-order valence-corrected chi connectivity index (χ3v) is 3.32. The van der Waals surface area contributed by atoms with Gasteiger partial charge in [0.05, 0.1) is 17.3 Å². The second-order valence-corrected chi connectivity index (χ2v) is 7.33. The number of rotatable bonds is 1. The molecule has 0 radical (unpaired) electrons. The first-order chi connectivity index (χ1) is 9.78. The molecular weight excluding hydrogens is 351 g/mol. The van der Waals surface area contributed by atoms with Gasteiger partial charge in [-0.05, 0) is 12.1 Å². The number of halogens is 6. The monoisotopic (exact) mass is 361 g/mol. The SMILES string of the molecule is C[n+]1ccn(-c2nc3ccccc3s2)c1.F[P-](F)(F)(F)(F)F. The van der Waals surface area contributed by atoms with Crippen molar-refractivity contribution in [3.8, 4) is 5.13 Å². The summed E-state index contributed by atoms with van der Waals surface area (Å²) in [6.45, 7) is 0. The van der Waals surface area contributed by atoms with Crippen molar-refractivity contribution in [2.45, 2.75) is 0 Å². The van der Waals surface area contributed by atoms with Gasteiger partial charge in [0.25, 0.3) is 11.5 Å². The van der Waals surface area contributed by atoms with Crippen LogP contribution >= 0.6 is 19.1 Å². The first-order valence-electron chi connectivity index (χ1n) is 5.73. The van der Waals surface area contributed by atoms with Gasteiger partial charge in [0.2, 0.25) is 0 Å². The number of benzene rings is 1. The van der Waals surface area contributed by atoms with Gasteiger partial charge in [0, 0.05) is 0 Å². The molecule has 3 aromatic rings. The van der Waals surface area contributed by atoms with E-state index in [2.05, 4.69) is 11.1 Å². The van der Waals surface area contributed by atoms with E-state index < -0.39 is 7.81 Å². The molecule has 2 aromatic heterocycles. The third-order valence-electron chi connectivity index (χ3n) is 2.27. The van der Waals surface area contributed by atoms with Crippen LogP contribution in [0.3, 0.4) is 0 Å². The van der Waals surface area contributed by atoms with Crippen molar-refractivity contribution in [2.24, 2.45) is 7.05 Å². The number of hydrogen-bond acceptors (Lipinski definition) is 2. The van der Waals surface area contributed by atoms with E-state index in [0.717, 1.165) is 10.6 Å². The fourth-order valence-electron chi connectivity index (χ4n) is 1.53. The van der Waals surface area contributed by atoms with Gasteiger partial charge in [-0.25, -0.2) is 4.57 Å². The predicted octanol–water partition coefficient (Wildman–Crippen LogP) is 5.29. The van der Waals surface area contributed by atoms with Gasteiger partial charge in [0.1, 0.15) is 12.4 Å². The van der Waals surface area contributed by atoms with Crippen LogP contribution < -0.4 is 4.57 Å². The molecule has 122 valence electrons. The summed E-state index contributed by atoms with van der Waals surface area (Å²) in [4.78, 5) is 4.56. The number of thiazole rings is 1. The van der Waals surface area contributed by atoms with Gasteiger partial charge < -0.3 is 0 Å². The van der Waals surface area contributed by atoms with Crippen molar-refractivity contribution in [1.82, 2.24) is 9.55 Å². The number of aryl methyl sites for hydroxylation is 1. The Hall–Kier alpha value is -1.67. The number of hydrogen-bond donors (Lipinski definition) is 0. The van der Waals surface area contributed by atoms with Crippen LogP contribution in [0.15, 0.2) is 43.0 Å². The van der Waals surface area contributed by atoms with Crippen LogP contribution in [-0.4, -0.2) is 9.55 Å². The van der Waals surface area contributed by atoms with Gasteiger partial charge in [0.15, 0.2) is 0 Å². The van der Waals surface area contributed by atoms with E-state index >= 15 is 0 Å². The quantitative estimate of drug-likeness (QED) is 0.328. The molecular formula is C11H10F6N3PS. The van der Waals surface area contributed by atoms with Crippen molar-refractivity contribution in [2.75, 3.05) is 0 Å². The molecule has 0 saturated heterocycles.